The van der Waals surface area contributed by atoms with Crippen molar-refractivity contribution in [3.63, 3.8) is 0 Å². The zero-order valence-electron chi connectivity index (χ0n) is 12.3. The Balaban J connectivity index is 1.63. The Kier molecular flexibility index (Phi) is 5.24. The maximum Gasteiger partial charge on any atom is 0.123 e. The monoisotopic (exact) mass is 363 g/mol. The zero-order chi connectivity index (χ0) is 15.4. The van der Waals surface area contributed by atoms with Crippen molar-refractivity contribution in [1.29, 1.82) is 0 Å². The first-order chi connectivity index (χ1) is 10.7. The molecule has 1 unspecified atom stereocenters. The minimum absolute atomic E-state index is 0.0722. The molecule has 1 fully saturated rings. The molecule has 0 bridgehead atoms. The molecule has 0 aliphatic carbocycles. The first kappa shape index (κ1) is 15.7. The van der Waals surface area contributed by atoms with E-state index in [9.17, 15) is 4.39 Å². The van der Waals surface area contributed by atoms with Gasteiger partial charge >= 0.3 is 0 Å². The molecule has 3 rings (SSSR count). The molecule has 2 nitrogen and oxygen atoms in total. The van der Waals surface area contributed by atoms with Crippen molar-refractivity contribution in [2.45, 2.75) is 17.5 Å². The highest BCUT2D eigenvalue weighted by Gasteiger charge is 2.27. The molecule has 1 aliphatic heterocycles. The molecule has 2 aromatic rings. The standard InChI is InChI=1S/C18H19BrFNO/c19-18(15-6-8-16(20)9-7-15)17-13-21(10-11-22-17)12-14-4-2-1-3-5-14/h1-9,17-18H,10-13H2/t17-,18?/m1/s1. The van der Waals surface area contributed by atoms with E-state index in [1.807, 2.05) is 18.2 Å². The van der Waals surface area contributed by atoms with E-state index in [1.54, 1.807) is 0 Å². The summed E-state index contributed by atoms with van der Waals surface area (Å²) in [7, 11) is 0. The highest BCUT2D eigenvalue weighted by Crippen LogP contribution is 2.30. The van der Waals surface area contributed by atoms with Crippen LogP contribution >= 0.6 is 15.9 Å². The predicted octanol–water partition coefficient (Wildman–Crippen LogP) is 4.16. The predicted molar refractivity (Wildman–Crippen MR) is 89.5 cm³/mol. The van der Waals surface area contributed by atoms with Gasteiger partial charge in [0.15, 0.2) is 0 Å². The third-order valence-corrected chi connectivity index (χ3v) is 5.06. The Morgan fingerprint density at radius 2 is 1.86 bits per heavy atom. The normalized spacial score (nSPS) is 20.7. The zero-order valence-corrected chi connectivity index (χ0v) is 13.9. The summed E-state index contributed by atoms with van der Waals surface area (Å²) in [6, 6.07) is 17.1. The molecular weight excluding hydrogens is 345 g/mol. The fourth-order valence-corrected chi connectivity index (χ4v) is 3.38. The van der Waals surface area contributed by atoms with Gasteiger partial charge in [0, 0.05) is 19.6 Å². The number of nitrogens with zero attached hydrogens (tertiary/aromatic N) is 1. The second-order valence-corrected chi connectivity index (χ2v) is 6.57. The molecule has 0 aromatic heterocycles. The van der Waals surface area contributed by atoms with Gasteiger partial charge in [-0.25, -0.2) is 4.39 Å². The summed E-state index contributed by atoms with van der Waals surface area (Å²) in [5.74, 6) is -0.210. The lowest BCUT2D eigenvalue weighted by atomic mass is 10.1. The first-order valence-electron chi connectivity index (χ1n) is 7.50. The van der Waals surface area contributed by atoms with Crippen LogP contribution in [0.15, 0.2) is 54.6 Å². The fraction of sp³-hybridized carbons (Fsp3) is 0.333. The second kappa shape index (κ2) is 7.36. The molecule has 0 saturated carbocycles. The van der Waals surface area contributed by atoms with Gasteiger partial charge in [-0.1, -0.05) is 58.4 Å². The molecule has 1 saturated heterocycles. The topological polar surface area (TPSA) is 12.5 Å². The van der Waals surface area contributed by atoms with Crippen LogP contribution in [0, 0.1) is 5.82 Å². The maximum atomic E-state index is 13.0. The van der Waals surface area contributed by atoms with E-state index >= 15 is 0 Å². The van der Waals surface area contributed by atoms with Crippen LogP contribution in [0.25, 0.3) is 0 Å². The molecule has 4 heteroatoms. The van der Waals surface area contributed by atoms with Crippen molar-refractivity contribution in [2.75, 3.05) is 19.7 Å². The van der Waals surface area contributed by atoms with Gasteiger partial charge in [0.2, 0.25) is 0 Å². The summed E-state index contributed by atoms with van der Waals surface area (Å²) >= 11 is 3.71. The van der Waals surface area contributed by atoms with Gasteiger partial charge in [-0.3, -0.25) is 4.90 Å². The number of alkyl halides is 1. The lowest BCUT2D eigenvalue weighted by Gasteiger charge is -2.35. The molecule has 22 heavy (non-hydrogen) atoms. The lowest BCUT2D eigenvalue weighted by molar-refractivity contribution is -0.0310. The maximum absolute atomic E-state index is 13.0. The highest BCUT2D eigenvalue weighted by molar-refractivity contribution is 9.09. The number of hydrogen-bond acceptors (Lipinski definition) is 2. The van der Waals surface area contributed by atoms with Crippen LogP contribution in [0.2, 0.25) is 0 Å². The Morgan fingerprint density at radius 3 is 2.59 bits per heavy atom. The third-order valence-electron chi connectivity index (χ3n) is 3.94. The van der Waals surface area contributed by atoms with Crippen LogP contribution in [0.4, 0.5) is 4.39 Å². The average Bonchev–Trinajstić information content (AvgIpc) is 2.56. The molecule has 1 aliphatic rings. The lowest BCUT2D eigenvalue weighted by Crippen LogP contribution is -2.43. The minimum Gasteiger partial charge on any atom is -0.374 e. The Bertz CT molecular complexity index is 590. The molecule has 2 atom stereocenters. The van der Waals surface area contributed by atoms with Crippen molar-refractivity contribution in [2.24, 2.45) is 0 Å². The van der Waals surface area contributed by atoms with Crippen LogP contribution in [0.5, 0.6) is 0 Å². The molecule has 1 heterocycles. The van der Waals surface area contributed by atoms with Crippen molar-refractivity contribution >= 4 is 15.9 Å². The second-order valence-electron chi connectivity index (χ2n) is 5.58. The first-order valence-corrected chi connectivity index (χ1v) is 8.41. The molecule has 0 spiro atoms. The summed E-state index contributed by atoms with van der Waals surface area (Å²) in [4.78, 5) is 2.48. The van der Waals surface area contributed by atoms with Crippen molar-refractivity contribution in [1.82, 2.24) is 4.90 Å². The van der Waals surface area contributed by atoms with Gasteiger partial charge in [0.05, 0.1) is 17.5 Å². The molecule has 0 radical (unpaired) electrons. The number of rotatable bonds is 4. The van der Waals surface area contributed by atoms with E-state index < -0.39 is 0 Å². The van der Waals surface area contributed by atoms with Crippen molar-refractivity contribution in [3.05, 3.63) is 71.5 Å². The number of hydrogen-bond donors (Lipinski definition) is 0. The van der Waals surface area contributed by atoms with Gasteiger partial charge in [-0.15, -0.1) is 0 Å². The van der Waals surface area contributed by atoms with Gasteiger partial charge in [-0.2, -0.15) is 0 Å². The summed E-state index contributed by atoms with van der Waals surface area (Å²) in [5.41, 5.74) is 2.36. The quantitative estimate of drug-likeness (QED) is 0.756. The summed E-state index contributed by atoms with van der Waals surface area (Å²) in [6.45, 7) is 3.46. The Morgan fingerprint density at radius 1 is 1.14 bits per heavy atom. The number of benzene rings is 2. The number of morpholine rings is 1. The molecule has 116 valence electrons. The van der Waals surface area contributed by atoms with E-state index in [2.05, 4.69) is 45.1 Å². The van der Waals surface area contributed by atoms with Crippen LogP contribution < -0.4 is 0 Å². The van der Waals surface area contributed by atoms with E-state index in [-0.39, 0.29) is 16.7 Å². The largest absolute Gasteiger partial charge is 0.374 e. The fourth-order valence-electron chi connectivity index (χ4n) is 2.76. The van der Waals surface area contributed by atoms with Gasteiger partial charge in [0.1, 0.15) is 5.82 Å². The van der Waals surface area contributed by atoms with E-state index in [0.29, 0.717) is 0 Å². The summed E-state index contributed by atoms with van der Waals surface area (Å²) in [6.07, 6.45) is 0.0722. The summed E-state index contributed by atoms with van der Waals surface area (Å²) < 4.78 is 19.0. The SMILES string of the molecule is Fc1ccc(C(Br)[C@H]2CN(Cc3ccccc3)CCO2)cc1. The van der Waals surface area contributed by atoms with E-state index in [4.69, 9.17) is 4.74 Å². The van der Waals surface area contributed by atoms with Crippen LogP contribution in [-0.4, -0.2) is 30.7 Å². The van der Waals surface area contributed by atoms with E-state index in [0.717, 1.165) is 31.8 Å². The molecular formula is C18H19BrFNO. The minimum atomic E-state index is -0.210. The summed E-state index contributed by atoms with van der Waals surface area (Å²) in [5, 5.41) is 0. The Labute approximate surface area is 139 Å². The van der Waals surface area contributed by atoms with Crippen molar-refractivity contribution in [3.8, 4) is 0 Å². The highest BCUT2D eigenvalue weighted by atomic mass is 79.9. The smallest absolute Gasteiger partial charge is 0.123 e. The molecule has 0 amide bonds. The number of halogens is 2. The number of ether oxygens (including phenoxy) is 1. The van der Waals surface area contributed by atoms with Crippen LogP contribution in [0.1, 0.15) is 16.0 Å². The molecule has 0 N–H and O–H groups in total. The Hall–Kier alpha value is -1.23. The van der Waals surface area contributed by atoms with Crippen molar-refractivity contribution < 1.29 is 9.13 Å². The van der Waals surface area contributed by atoms with Crippen LogP contribution in [-0.2, 0) is 11.3 Å². The van der Waals surface area contributed by atoms with E-state index in [1.165, 1.54) is 17.7 Å². The van der Waals surface area contributed by atoms with Gasteiger partial charge in [0.25, 0.3) is 0 Å². The van der Waals surface area contributed by atoms with Gasteiger partial charge < -0.3 is 4.74 Å². The van der Waals surface area contributed by atoms with Crippen LogP contribution in [0.3, 0.4) is 0 Å². The molecule has 2 aromatic carbocycles. The average molecular weight is 364 g/mol. The third kappa shape index (κ3) is 3.94. The van der Waals surface area contributed by atoms with Gasteiger partial charge in [-0.05, 0) is 23.3 Å².